The summed E-state index contributed by atoms with van der Waals surface area (Å²) in [4.78, 5) is 17.1. The number of likely N-dealkylation sites (N-methyl/N-ethyl adjacent to an activating group) is 1. The number of sulfonamides is 1. The van der Waals surface area contributed by atoms with Gasteiger partial charge in [-0.1, -0.05) is 31.5 Å². The lowest BCUT2D eigenvalue weighted by atomic mass is 10.2. The predicted octanol–water partition coefficient (Wildman–Crippen LogP) is 2.09. The Bertz CT molecular complexity index is 948. The average molecular weight is 463 g/mol. The summed E-state index contributed by atoms with van der Waals surface area (Å²) < 4.78 is 32.8. The number of aryl methyl sites for hydroxylation is 1. The minimum absolute atomic E-state index is 0.0135. The summed E-state index contributed by atoms with van der Waals surface area (Å²) >= 11 is 0. The molecular formula is C23H34N4O4S. The van der Waals surface area contributed by atoms with Crippen LogP contribution in [0, 0.1) is 6.92 Å². The van der Waals surface area contributed by atoms with E-state index in [1.54, 1.807) is 18.4 Å². The zero-order valence-corrected chi connectivity index (χ0v) is 20.0. The molecule has 3 rings (SSSR count). The summed E-state index contributed by atoms with van der Waals surface area (Å²) in [5, 5.41) is 3.03. The molecule has 1 fully saturated rings. The van der Waals surface area contributed by atoms with Crippen molar-refractivity contribution in [2.45, 2.75) is 31.7 Å². The molecule has 1 aliphatic rings. The summed E-state index contributed by atoms with van der Waals surface area (Å²) in [6, 6.07) is 10.7. The van der Waals surface area contributed by atoms with E-state index in [9.17, 15) is 13.2 Å². The SMILES string of the molecule is CCN(CC)C(CNC(=O)CN1CCN(S(=O)(=O)c2ccc(C)cc2)CC1)c1ccco1. The van der Waals surface area contributed by atoms with E-state index in [2.05, 4.69) is 24.1 Å². The Morgan fingerprint density at radius 1 is 1.09 bits per heavy atom. The number of hydrogen-bond donors (Lipinski definition) is 1. The highest BCUT2D eigenvalue weighted by Crippen LogP contribution is 2.20. The van der Waals surface area contributed by atoms with Gasteiger partial charge in [0.25, 0.3) is 0 Å². The Morgan fingerprint density at radius 3 is 2.31 bits per heavy atom. The van der Waals surface area contributed by atoms with Gasteiger partial charge in [-0.2, -0.15) is 4.31 Å². The van der Waals surface area contributed by atoms with Gasteiger partial charge in [0.05, 0.1) is 23.7 Å². The molecule has 1 aromatic heterocycles. The van der Waals surface area contributed by atoms with Crippen LogP contribution in [0.3, 0.4) is 0 Å². The van der Waals surface area contributed by atoms with Gasteiger partial charge in [-0.05, 0) is 44.3 Å². The number of furan rings is 1. The van der Waals surface area contributed by atoms with Gasteiger partial charge in [0, 0.05) is 32.7 Å². The number of carbonyl (C=O) groups is 1. The summed E-state index contributed by atoms with van der Waals surface area (Å²) in [6.45, 7) is 10.3. The van der Waals surface area contributed by atoms with Crippen molar-refractivity contribution >= 4 is 15.9 Å². The van der Waals surface area contributed by atoms with Gasteiger partial charge in [-0.15, -0.1) is 0 Å². The highest BCUT2D eigenvalue weighted by atomic mass is 32.2. The predicted molar refractivity (Wildman–Crippen MR) is 124 cm³/mol. The van der Waals surface area contributed by atoms with Crippen LogP contribution in [0.5, 0.6) is 0 Å². The van der Waals surface area contributed by atoms with Crippen molar-refractivity contribution in [1.29, 1.82) is 0 Å². The second-order valence-electron chi connectivity index (χ2n) is 8.05. The molecule has 32 heavy (non-hydrogen) atoms. The highest BCUT2D eigenvalue weighted by molar-refractivity contribution is 7.89. The summed E-state index contributed by atoms with van der Waals surface area (Å²) in [5.74, 6) is 0.771. The van der Waals surface area contributed by atoms with Crippen LogP contribution in [-0.2, 0) is 14.8 Å². The lowest BCUT2D eigenvalue weighted by Gasteiger charge is -2.34. The third-order valence-corrected chi connectivity index (χ3v) is 7.89. The number of hydrogen-bond acceptors (Lipinski definition) is 6. The molecule has 1 amide bonds. The van der Waals surface area contributed by atoms with Crippen LogP contribution in [0.4, 0.5) is 0 Å². The molecule has 1 aromatic carbocycles. The average Bonchev–Trinajstić information content (AvgIpc) is 3.32. The van der Waals surface area contributed by atoms with E-state index in [4.69, 9.17) is 4.42 Å². The molecule has 2 aromatic rings. The minimum atomic E-state index is -3.50. The van der Waals surface area contributed by atoms with Crippen LogP contribution in [0.25, 0.3) is 0 Å². The Hall–Kier alpha value is -2.20. The molecule has 1 N–H and O–H groups in total. The van der Waals surface area contributed by atoms with E-state index in [1.165, 1.54) is 4.31 Å². The molecule has 0 aliphatic carbocycles. The van der Waals surface area contributed by atoms with Crippen LogP contribution < -0.4 is 5.32 Å². The normalized spacial score (nSPS) is 16.9. The highest BCUT2D eigenvalue weighted by Gasteiger charge is 2.29. The number of nitrogens with one attached hydrogen (secondary N) is 1. The fourth-order valence-corrected chi connectivity index (χ4v) is 5.43. The molecule has 1 saturated heterocycles. The van der Waals surface area contributed by atoms with Crippen LogP contribution in [0.2, 0.25) is 0 Å². The molecule has 0 bridgehead atoms. The van der Waals surface area contributed by atoms with Gasteiger partial charge >= 0.3 is 0 Å². The number of rotatable bonds is 10. The number of benzene rings is 1. The fraction of sp³-hybridized carbons (Fsp3) is 0.522. The fourth-order valence-electron chi connectivity index (χ4n) is 4.01. The molecule has 0 saturated carbocycles. The maximum Gasteiger partial charge on any atom is 0.243 e. The maximum absolute atomic E-state index is 12.9. The van der Waals surface area contributed by atoms with Crippen LogP contribution in [-0.4, -0.2) is 80.8 Å². The van der Waals surface area contributed by atoms with E-state index in [0.717, 1.165) is 24.4 Å². The monoisotopic (exact) mass is 462 g/mol. The largest absolute Gasteiger partial charge is 0.468 e. The number of nitrogens with zero attached hydrogens (tertiary/aromatic N) is 3. The first kappa shape index (κ1) is 24.4. The zero-order valence-electron chi connectivity index (χ0n) is 19.2. The molecule has 1 atom stereocenters. The third-order valence-electron chi connectivity index (χ3n) is 5.97. The molecule has 2 heterocycles. The van der Waals surface area contributed by atoms with Gasteiger partial charge in [0.1, 0.15) is 5.76 Å². The van der Waals surface area contributed by atoms with Crippen molar-refractivity contribution in [3.05, 3.63) is 54.0 Å². The Labute approximate surface area is 191 Å². The second-order valence-corrected chi connectivity index (χ2v) is 9.99. The Morgan fingerprint density at radius 2 is 1.75 bits per heavy atom. The van der Waals surface area contributed by atoms with Crippen LogP contribution >= 0.6 is 0 Å². The lowest BCUT2D eigenvalue weighted by Crippen LogP contribution is -2.51. The van der Waals surface area contributed by atoms with Gasteiger partial charge < -0.3 is 9.73 Å². The van der Waals surface area contributed by atoms with E-state index >= 15 is 0 Å². The zero-order chi connectivity index (χ0) is 23.1. The Balaban J connectivity index is 1.50. The number of carbonyl (C=O) groups excluding carboxylic acids is 1. The summed E-state index contributed by atoms with van der Waals surface area (Å²) in [5.41, 5.74) is 1.02. The molecule has 1 unspecified atom stereocenters. The first-order valence-electron chi connectivity index (χ1n) is 11.2. The van der Waals surface area contributed by atoms with Crippen molar-refractivity contribution < 1.29 is 17.6 Å². The van der Waals surface area contributed by atoms with Gasteiger partial charge in [0.15, 0.2) is 0 Å². The van der Waals surface area contributed by atoms with E-state index in [1.807, 2.05) is 36.1 Å². The van der Waals surface area contributed by atoms with Gasteiger partial charge in [-0.3, -0.25) is 14.6 Å². The number of amides is 1. The summed E-state index contributed by atoms with van der Waals surface area (Å²) in [6.07, 6.45) is 1.65. The number of piperazine rings is 1. The molecule has 8 nitrogen and oxygen atoms in total. The van der Waals surface area contributed by atoms with Gasteiger partial charge in [-0.25, -0.2) is 8.42 Å². The quantitative estimate of drug-likeness (QED) is 0.582. The smallest absolute Gasteiger partial charge is 0.243 e. The third kappa shape index (κ3) is 5.98. The standard InChI is InChI=1S/C23H34N4O4S/c1-4-26(5-2)21(22-7-6-16-31-22)17-24-23(28)18-25-12-14-27(15-13-25)32(29,30)20-10-8-19(3)9-11-20/h6-11,16,21H,4-5,12-15,17-18H2,1-3H3,(H,24,28). The van der Waals surface area contributed by atoms with E-state index in [-0.39, 0.29) is 18.5 Å². The molecular weight excluding hydrogens is 428 g/mol. The van der Waals surface area contributed by atoms with Crippen LogP contribution in [0.15, 0.2) is 52.0 Å². The van der Waals surface area contributed by atoms with E-state index in [0.29, 0.717) is 37.6 Å². The second kappa shape index (κ2) is 11.1. The molecule has 176 valence electrons. The topological polar surface area (TPSA) is 86.1 Å². The molecule has 9 heteroatoms. The lowest BCUT2D eigenvalue weighted by molar-refractivity contribution is -0.122. The van der Waals surface area contributed by atoms with Gasteiger partial charge in [0.2, 0.25) is 15.9 Å². The molecule has 0 radical (unpaired) electrons. The molecule has 0 spiro atoms. The van der Waals surface area contributed by atoms with Crippen molar-refractivity contribution in [3.8, 4) is 0 Å². The first-order valence-corrected chi connectivity index (χ1v) is 12.6. The maximum atomic E-state index is 12.9. The van der Waals surface area contributed by atoms with Crippen molar-refractivity contribution in [3.63, 3.8) is 0 Å². The van der Waals surface area contributed by atoms with E-state index < -0.39 is 10.0 Å². The Kier molecular flexibility index (Phi) is 8.47. The minimum Gasteiger partial charge on any atom is -0.468 e. The van der Waals surface area contributed by atoms with Crippen molar-refractivity contribution in [2.75, 3.05) is 52.4 Å². The first-order chi connectivity index (χ1) is 15.3. The van der Waals surface area contributed by atoms with Crippen molar-refractivity contribution in [2.24, 2.45) is 0 Å². The summed E-state index contributed by atoms with van der Waals surface area (Å²) in [7, 11) is -3.50. The van der Waals surface area contributed by atoms with Crippen LogP contribution in [0.1, 0.15) is 31.2 Å². The molecule has 1 aliphatic heterocycles. The van der Waals surface area contributed by atoms with Crippen molar-refractivity contribution in [1.82, 2.24) is 19.4 Å².